The fourth-order valence-corrected chi connectivity index (χ4v) is 1.45. The zero-order valence-corrected chi connectivity index (χ0v) is 10.7. The summed E-state index contributed by atoms with van der Waals surface area (Å²) < 4.78 is 0. The number of hydrogen-bond acceptors (Lipinski definition) is 4. The van der Waals surface area contributed by atoms with Crippen LogP contribution in [0.15, 0.2) is 6.33 Å². The van der Waals surface area contributed by atoms with E-state index >= 15 is 0 Å². The van der Waals surface area contributed by atoms with Crippen LogP contribution in [0.5, 0.6) is 0 Å². The van der Waals surface area contributed by atoms with Crippen molar-refractivity contribution in [2.45, 2.75) is 34.1 Å². The molecule has 16 heavy (non-hydrogen) atoms. The first-order valence-corrected chi connectivity index (χ1v) is 5.94. The number of hydrogen-bond donors (Lipinski definition) is 2. The van der Waals surface area contributed by atoms with Crippen LogP contribution in [0.25, 0.3) is 0 Å². The van der Waals surface area contributed by atoms with Gasteiger partial charge < -0.3 is 10.6 Å². The molecule has 4 nitrogen and oxygen atoms in total. The van der Waals surface area contributed by atoms with Crippen LogP contribution in [0.4, 0.5) is 11.6 Å². The smallest absolute Gasteiger partial charge is 0.134 e. The Morgan fingerprint density at radius 1 is 1.19 bits per heavy atom. The van der Waals surface area contributed by atoms with Crippen molar-refractivity contribution >= 4 is 11.6 Å². The predicted molar refractivity (Wildman–Crippen MR) is 68.9 cm³/mol. The lowest BCUT2D eigenvalue weighted by Gasteiger charge is -2.12. The summed E-state index contributed by atoms with van der Waals surface area (Å²) in [5, 5.41) is 6.58. The van der Waals surface area contributed by atoms with Gasteiger partial charge in [0, 0.05) is 18.7 Å². The van der Waals surface area contributed by atoms with Gasteiger partial charge in [-0.2, -0.15) is 0 Å². The molecule has 0 atom stereocenters. The van der Waals surface area contributed by atoms with Crippen LogP contribution < -0.4 is 10.6 Å². The fraction of sp³-hybridized carbons (Fsp3) is 0.667. The van der Waals surface area contributed by atoms with Crippen molar-refractivity contribution in [3.8, 4) is 0 Å². The first kappa shape index (κ1) is 12.7. The van der Waals surface area contributed by atoms with Crippen LogP contribution in [0, 0.1) is 12.8 Å². The molecule has 2 N–H and O–H groups in total. The van der Waals surface area contributed by atoms with E-state index in [2.05, 4.69) is 41.4 Å². The topological polar surface area (TPSA) is 49.8 Å². The molecule has 0 radical (unpaired) electrons. The Morgan fingerprint density at radius 3 is 2.38 bits per heavy atom. The minimum absolute atomic E-state index is 0.711. The van der Waals surface area contributed by atoms with Crippen molar-refractivity contribution in [2.24, 2.45) is 5.92 Å². The number of rotatable bonds is 6. The molecule has 0 aliphatic rings. The summed E-state index contributed by atoms with van der Waals surface area (Å²) in [7, 11) is 0. The van der Waals surface area contributed by atoms with Gasteiger partial charge in [-0.25, -0.2) is 9.97 Å². The largest absolute Gasteiger partial charge is 0.370 e. The van der Waals surface area contributed by atoms with Gasteiger partial charge in [0.2, 0.25) is 0 Å². The molecule has 4 heteroatoms. The van der Waals surface area contributed by atoms with Crippen molar-refractivity contribution in [3.63, 3.8) is 0 Å². The fourth-order valence-electron chi connectivity index (χ4n) is 1.45. The molecule has 1 heterocycles. The molecule has 0 aromatic carbocycles. The van der Waals surface area contributed by atoms with Gasteiger partial charge in [-0.05, 0) is 26.2 Å². The number of nitrogens with one attached hydrogen (secondary N) is 2. The van der Waals surface area contributed by atoms with Crippen LogP contribution in [-0.4, -0.2) is 23.1 Å². The quantitative estimate of drug-likeness (QED) is 0.777. The molecule has 0 saturated carbocycles. The Bertz CT molecular complexity index is 323. The van der Waals surface area contributed by atoms with Gasteiger partial charge in [0.15, 0.2) is 0 Å². The highest BCUT2D eigenvalue weighted by atomic mass is 15.1. The highest BCUT2D eigenvalue weighted by Gasteiger charge is 2.05. The molecule has 0 amide bonds. The van der Waals surface area contributed by atoms with Gasteiger partial charge in [-0.1, -0.05) is 13.8 Å². The molecule has 1 rings (SSSR count). The maximum atomic E-state index is 4.26. The Labute approximate surface area is 97.9 Å². The Hall–Kier alpha value is -1.32. The first-order valence-electron chi connectivity index (χ1n) is 5.94. The summed E-state index contributed by atoms with van der Waals surface area (Å²) in [5.74, 6) is 2.57. The Balaban J connectivity index is 2.62. The van der Waals surface area contributed by atoms with E-state index in [9.17, 15) is 0 Å². The zero-order valence-electron chi connectivity index (χ0n) is 10.7. The third-order valence-corrected chi connectivity index (χ3v) is 2.44. The standard InChI is InChI=1S/C12H22N4/c1-5-13-11-10(4)12(16-8-15-11)14-7-6-9(2)3/h8-9H,5-7H2,1-4H3,(H2,13,14,15,16). The number of anilines is 2. The van der Waals surface area contributed by atoms with Crippen molar-refractivity contribution < 1.29 is 0 Å². The summed E-state index contributed by atoms with van der Waals surface area (Å²) in [4.78, 5) is 8.47. The number of aromatic nitrogens is 2. The van der Waals surface area contributed by atoms with Crippen LogP contribution in [0.3, 0.4) is 0 Å². The van der Waals surface area contributed by atoms with E-state index in [1.54, 1.807) is 6.33 Å². The van der Waals surface area contributed by atoms with E-state index in [1.165, 1.54) is 0 Å². The first-order chi connectivity index (χ1) is 7.65. The third kappa shape index (κ3) is 3.68. The second kappa shape index (κ2) is 6.30. The van der Waals surface area contributed by atoms with Crippen molar-refractivity contribution in [3.05, 3.63) is 11.9 Å². The van der Waals surface area contributed by atoms with Crippen molar-refractivity contribution in [1.29, 1.82) is 0 Å². The van der Waals surface area contributed by atoms with E-state index in [0.717, 1.165) is 36.7 Å². The molecule has 1 aromatic heterocycles. The summed E-state index contributed by atoms with van der Waals surface area (Å²) in [6.45, 7) is 10.4. The van der Waals surface area contributed by atoms with Crippen LogP contribution in [0.2, 0.25) is 0 Å². The molecule has 0 spiro atoms. The lowest BCUT2D eigenvalue weighted by Crippen LogP contribution is -2.10. The van der Waals surface area contributed by atoms with Crippen LogP contribution in [-0.2, 0) is 0 Å². The Morgan fingerprint density at radius 2 is 1.81 bits per heavy atom. The normalized spacial score (nSPS) is 10.6. The minimum atomic E-state index is 0.711. The van der Waals surface area contributed by atoms with Gasteiger partial charge in [0.25, 0.3) is 0 Å². The van der Waals surface area contributed by atoms with Crippen LogP contribution in [0.1, 0.15) is 32.8 Å². The number of nitrogens with zero attached hydrogens (tertiary/aromatic N) is 2. The van der Waals surface area contributed by atoms with Crippen molar-refractivity contribution in [1.82, 2.24) is 9.97 Å². The molecular formula is C12H22N4. The average Bonchev–Trinajstić information content (AvgIpc) is 2.23. The van der Waals surface area contributed by atoms with E-state index in [0.29, 0.717) is 5.92 Å². The molecule has 90 valence electrons. The van der Waals surface area contributed by atoms with E-state index in [4.69, 9.17) is 0 Å². The van der Waals surface area contributed by atoms with E-state index < -0.39 is 0 Å². The SMILES string of the molecule is CCNc1ncnc(NCCC(C)C)c1C. The average molecular weight is 222 g/mol. The van der Waals surface area contributed by atoms with Gasteiger partial charge in [-0.3, -0.25) is 0 Å². The molecule has 0 aliphatic carbocycles. The summed E-state index contributed by atoms with van der Waals surface area (Å²) in [6.07, 6.45) is 2.75. The summed E-state index contributed by atoms with van der Waals surface area (Å²) in [5.41, 5.74) is 1.09. The Kier molecular flexibility index (Phi) is 5.02. The van der Waals surface area contributed by atoms with Crippen molar-refractivity contribution in [2.75, 3.05) is 23.7 Å². The maximum Gasteiger partial charge on any atom is 0.134 e. The van der Waals surface area contributed by atoms with Crippen LogP contribution >= 0.6 is 0 Å². The van der Waals surface area contributed by atoms with E-state index in [-0.39, 0.29) is 0 Å². The van der Waals surface area contributed by atoms with Gasteiger partial charge in [-0.15, -0.1) is 0 Å². The second-order valence-electron chi connectivity index (χ2n) is 4.34. The third-order valence-electron chi connectivity index (χ3n) is 2.44. The maximum absolute atomic E-state index is 4.26. The highest BCUT2D eigenvalue weighted by molar-refractivity contribution is 5.56. The summed E-state index contributed by atoms with van der Waals surface area (Å²) >= 11 is 0. The zero-order chi connectivity index (χ0) is 12.0. The predicted octanol–water partition coefficient (Wildman–Crippen LogP) is 2.67. The van der Waals surface area contributed by atoms with Gasteiger partial charge >= 0.3 is 0 Å². The second-order valence-corrected chi connectivity index (χ2v) is 4.34. The molecule has 1 aromatic rings. The lowest BCUT2D eigenvalue weighted by atomic mass is 10.1. The van der Waals surface area contributed by atoms with Gasteiger partial charge in [0.1, 0.15) is 18.0 Å². The minimum Gasteiger partial charge on any atom is -0.370 e. The molecule has 0 bridgehead atoms. The molecular weight excluding hydrogens is 200 g/mol. The lowest BCUT2D eigenvalue weighted by molar-refractivity contribution is 0.606. The summed E-state index contributed by atoms with van der Waals surface area (Å²) in [6, 6.07) is 0. The molecule has 0 fully saturated rings. The van der Waals surface area contributed by atoms with Gasteiger partial charge in [0.05, 0.1) is 0 Å². The monoisotopic (exact) mass is 222 g/mol. The van der Waals surface area contributed by atoms with E-state index in [1.807, 2.05) is 6.92 Å². The highest BCUT2D eigenvalue weighted by Crippen LogP contribution is 2.17. The molecule has 0 saturated heterocycles. The molecule has 0 aliphatic heterocycles. The molecule has 0 unspecified atom stereocenters.